The van der Waals surface area contributed by atoms with Gasteiger partial charge >= 0.3 is 0 Å². The van der Waals surface area contributed by atoms with Crippen LogP contribution in [0.25, 0.3) is 0 Å². The van der Waals surface area contributed by atoms with E-state index in [2.05, 4.69) is 48.3 Å². The van der Waals surface area contributed by atoms with Crippen LogP contribution in [0.5, 0.6) is 0 Å². The molecular weight excluding hydrogens is 248 g/mol. The molecule has 1 heterocycles. The highest BCUT2D eigenvalue weighted by Gasteiger charge is 2.12. The highest BCUT2D eigenvalue weighted by Crippen LogP contribution is 2.20. The number of anilines is 1. The zero-order valence-corrected chi connectivity index (χ0v) is 12.8. The number of rotatable bonds is 6. The van der Waals surface area contributed by atoms with Crippen molar-refractivity contribution >= 4 is 5.69 Å². The summed E-state index contributed by atoms with van der Waals surface area (Å²) in [7, 11) is 0. The molecule has 2 rings (SSSR count). The number of hydrogen-bond donors (Lipinski definition) is 2. The Balaban J connectivity index is 1.87. The number of nitrogens with zero attached hydrogens (tertiary/aromatic N) is 1. The van der Waals surface area contributed by atoms with E-state index in [1.165, 1.54) is 43.6 Å². The van der Waals surface area contributed by atoms with Crippen LogP contribution in [0.15, 0.2) is 24.3 Å². The first-order valence-corrected chi connectivity index (χ1v) is 7.89. The summed E-state index contributed by atoms with van der Waals surface area (Å²) in [6, 6.07) is 9.03. The van der Waals surface area contributed by atoms with Gasteiger partial charge in [-0.05, 0) is 42.9 Å². The van der Waals surface area contributed by atoms with Crippen molar-refractivity contribution in [2.75, 3.05) is 24.6 Å². The Morgan fingerprint density at radius 3 is 2.30 bits per heavy atom. The molecule has 1 atom stereocenters. The van der Waals surface area contributed by atoms with Gasteiger partial charge in [0.2, 0.25) is 0 Å². The second kappa shape index (κ2) is 7.65. The van der Waals surface area contributed by atoms with Crippen molar-refractivity contribution in [3.8, 4) is 0 Å². The van der Waals surface area contributed by atoms with Crippen molar-refractivity contribution in [1.29, 1.82) is 0 Å². The van der Waals surface area contributed by atoms with Crippen LogP contribution < -0.4 is 10.2 Å². The van der Waals surface area contributed by atoms with Gasteiger partial charge < -0.3 is 15.3 Å². The molecule has 0 aromatic heterocycles. The zero-order valence-electron chi connectivity index (χ0n) is 12.8. The van der Waals surface area contributed by atoms with Crippen LogP contribution in [0.4, 0.5) is 5.69 Å². The van der Waals surface area contributed by atoms with Crippen LogP contribution in [0.3, 0.4) is 0 Å². The standard InChI is InChI=1S/C17H28N2O/c1-14(2)17(13-20)18-12-15-6-8-16(9-7-15)19-10-4-3-5-11-19/h6-9,14,17-18,20H,3-5,10-13H2,1-2H3/t17-/m1/s1. The molecule has 0 spiro atoms. The van der Waals surface area contributed by atoms with Crippen LogP contribution in [0.2, 0.25) is 0 Å². The second-order valence-electron chi connectivity index (χ2n) is 6.13. The molecule has 1 aliphatic rings. The predicted octanol–water partition coefficient (Wildman–Crippen LogP) is 2.78. The normalized spacial score (nSPS) is 17.5. The van der Waals surface area contributed by atoms with E-state index in [4.69, 9.17) is 0 Å². The third kappa shape index (κ3) is 4.22. The fourth-order valence-corrected chi connectivity index (χ4v) is 2.74. The Labute approximate surface area is 123 Å². The summed E-state index contributed by atoms with van der Waals surface area (Å²) in [6.07, 6.45) is 4.00. The van der Waals surface area contributed by atoms with E-state index in [9.17, 15) is 5.11 Å². The van der Waals surface area contributed by atoms with Crippen molar-refractivity contribution in [3.63, 3.8) is 0 Å². The molecule has 112 valence electrons. The summed E-state index contributed by atoms with van der Waals surface area (Å²) in [6.45, 7) is 7.67. The molecular formula is C17H28N2O. The number of aliphatic hydroxyl groups excluding tert-OH is 1. The molecule has 1 aromatic carbocycles. The van der Waals surface area contributed by atoms with Crippen molar-refractivity contribution in [2.24, 2.45) is 5.92 Å². The van der Waals surface area contributed by atoms with Crippen LogP contribution in [0.1, 0.15) is 38.7 Å². The first-order valence-electron chi connectivity index (χ1n) is 7.89. The van der Waals surface area contributed by atoms with E-state index in [1.807, 2.05) is 0 Å². The Morgan fingerprint density at radius 2 is 1.75 bits per heavy atom. The molecule has 1 fully saturated rings. The molecule has 3 heteroatoms. The van der Waals surface area contributed by atoms with Gasteiger partial charge in [0.1, 0.15) is 0 Å². The van der Waals surface area contributed by atoms with Crippen molar-refractivity contribution in [2.45, 2.75) is 45.7 Å². The van der Waals surface area contributed by atoms with Gasteiger partial charge in [-0.1, -0.05) is 26.0 Å². The first kappa shape index (κ1) is 15.3. The van der Waals surface area contributed by atoms with Gasteiger partial charge in [0.15, 0.2) is 0 Å². The van der Waals surface area contributed by atoms with Crippen molar-refractivity contribution in [1.82, 2.24) is 5.32 Å². The molecule has 0 amide bonds. The van der Waals surface area contributed by atoms with Gasteiger partial charge in [0.05, 0.1) is 6.61 Å². The van der Waals surface area contributed by atoms with Crippen molar-refractivity contribution < 1.29 is 5.11 Å². The lowest BCUT2D eigenvalue weighted by Crippen LogP contribution is -2.36. The topological polar surface area (TPSA) is 35.5 Å². The second-order valence-corrected chi connectivity index (χ2v) is 6.13. The maximum absolute atomic E-state index is 9.32. The summed E-state index contributed by atoms with van der Waals surface area (Å²) in [4.78, 5) is 2.48. The van der Waals surface area contributed by atoms with Gasteiger partial charge in [0, 0.05) is 31.4 Å². The minimum absolute atomic E-state index is 0.178. The number of aliphatic hydroxyl groups is 1. The van der Waals surface area contributed by atoms with Gasteiger partial charge in [-0.15, -0.1) is 0 Å². The fourth-order valence-electron chi connectivity index (χ4n) is 2.74. The van der Waals surface area contributed by atoms with E-state index in [0.717, 1.165) is 6.54 Å². The van der Waals surface area contributed by atoms with Crippen LogP contribution >= 0.6 is 0 Å². The lowest BCUT2D eigenvalue weighted by Gasteiger charge is -2.29. The fraction of sp³-hybridized carbons (Fsp3) is 0.647. The third-order valence-electron chi connectivity index (χ3n) is 4.23. The van der Waals surface area contributed by atoms with E-state index < -0.39 is 0 Å². The molecule has 0 bridgehead atoms. The molecule has 0 unspecified atom stereocenters. The molecule has 0 radical (unpaired) electrons. The lowest BCUT2D eigenvalue weighted by atomic mass is 10.0. The lowest BCUT2D eigenvalue weighted by molar-refractivity contribution is 0.210. The SMILES string of the molecule is CC(C)[C@@H](CO)NCc1ccc(N2CCCCC2)cc1. The Hall–Kier alpha value is -1.06. The third-order valence-corrected chi connectivity index (χ3v) is 4.23. The molecule has 3 nitrogen and oxygen atoms in total. The highest BCUT2D eigenvalue weighted by molar-refractivity contribution is 5.47. The average Bonchev–Trinajstić information content (AvgIpc) is 2.49. The van der Waals surface area contributed by atoms with Crippen LogP contribution in [0, 0.1) is 5.92 Å². The zero-order chi connectivity index (χ0) is 14.4. The van der Waals surface area contributed by atoms with Gasteiger partial charge in [-0.3, -0.25) is 0 Å². The molecule has 0 saturated carbocycles. The monoisotopic (exact) mass is 276 g/mol. The molecule has 20 heavy (non-hydrogen) atoms. The van der Waals surface area contributed by atoms with Crippen LogP contribution in [-0.4, -0.2) is 30.8 Å². The minimum Gasteiger partial charge on any atom is -0.395 e. The molecule has 0 aliphatic carbocycles. The first-order chi connectivity index (χ1) is 9.70. The molecule has 1 aromatic rings. The summed E-state index contributed by atoms with van der Waals surface area (Å²) < 4.78 is 0. The Morgan fingerprint density at radius 1 is 1.10 bits per heavy atom. The summed E-state index contributed by atoms with van der Waals surface area (Å²) in [5.41, 5.74) is 2.63. The maximum Gasteiger partial charge on any atom is 0.0587 e. The maximum atomic E-state index is 9.32. The molecule has 2 N–H and O–H groups in total. The highest BCUT2D eigenvalue weighted by atomic mass is 16.3. The Kier molecular flexibility index (Phi) is 5.86. The number of nitrogens with one attached hydrogen (secondary N) is 1. The summed E-state index contributed by atoms with van der Waals surface area (Å²) >= 11 is 0. The van der Waals surface area contributed by atoms with E-state index in [1.54, 1.807) is 0 Å². The minimum atomic E-state index is 0.178. The van der Waals surface area contributed by atoms with Crippen molar-refractivity contribution in [3.05, 3.63) is 29.8 Å². The number of hydrogen-bond acceptors (Lipinski definition) is 3. The number of benzene rings is 1. The Bertz CT molecular complexity index is 382. The average molecular weight is 276 g/mol. The molecule has 1 saturated heterocycles. The smallest absolute Gasteiger partial charge is 0.0587 e. The summed E-state index contributed by atoms with van der Waals surface area (Å²) in [5.74, 6) is 0.452. The van der Waals surface area contributed by atoms with Crippen LogP contribution in [-0.2, 0) is 6.54 Å². The van der Waals surface area contributed by atoms with Gasteiger partial charge in [-0.2, -0.15) is 0 Å². The quantitative estimate of drug-likeness (QED) is 0.838. The van der Waals surface area contributed by atoms with E-state index >= 15 is 0 Å². The van der Waals surface area contributed by atoms with Gasteiger partial charge in [-0.25, -0.2) is 0 Å². The summed E-state index contributed by atoms with van der Waals surface area (Å²) in [5, 5.41) is 12.7. The molecule has 1 aliphatic heterocycles. The van der Waals surface area contributed by atoms with Gasteiger partial charge in [0.25, 0.3) is 0 Å². The largest absolute Gasteiger partial charge is 0.395 e. The van der Waals surface area contributed by atoms with E-state index in [0.29, 0.717) is 5.92 Å². The number of piperidine rings is 1. The van der Waals surface area contributed by atoms with E-state index in [-0.39, 0.29) is 12.6 Å². The predicted molar refractivity (Wildman–Crippen MR) is 85.1 cm³/mol.